The largest absolute Gasteiger partial charge is 0.480 e. The molecule has 13 nitrogen and oxygen atoms in total. The number of nitrogens with one attached hydrogen (secondary N) is 3. The number of nitrogens with zero attached hydrogens (tertiary/aromatic N) is 1. The topological polar surface area (TPSA) is 173 Å². The lowest BCUT2D eigenvalue weighted by Gasteiger charge is -2.40. The van der Waals surface area contributed by atoms with Crippen molar-refractivity contribution in [1.82, 2.24) is 20.9 Å². The summed E-state index contributed by atoms with van der Waals surface area (Å²) in [6.07, 6.45) is -0.988. The second-order valence-electron chi connectivity index (χ2n) is 12.5. The first-order valence-electron chi connectivity index (χ1n) is 14.5. The van der Waals surface area contributed by atoms with E-state index in [9.17, 15) is 29.1 Å². The summed E-state index contributed by atoms with van der Waals surface area (Å²) >= 11 is 0. The van der Waals surface area contributed by atoms with E-state index in [-0.39, 0.29) is 39.0 Å². The molecule has 240 valence electrons. The number of carboxylic acids is 1. The van der Waals surface area contributed by atoms with E-state index in [1.54, 1.807) is 53.7 Å². The van der Waals surface area contributed by atoms with Gasteiger partial charge in [-0.2, -0.15) is 0 Å². The Morgan fingerprint density at radius 3 is 2.02 bits per heavy atom. The number of carbonyl (C=O) groups excluding carboxylic acids is 4. The number of benzene rings is 1. The van der Waals surface area contributed by atoms with Crippen LogP contribution in [0.5, 0.6) is 0 Å². The number of rotatable bonds is 11. The van der Waals surface area contributed by atoms with Crippen LogP contribution in [0.4, 0.5) is 14.4 Å². The van der Waals surface area contributed by atoms with Crippen molar-refractivity contribution in [3.8, 4) is 0 Å². The molecule has 4 amide bonds. The first kappa shape index (κ1) is 35.2. The summed E-state index contributed by atoms with van der Waals surface area (Å²) in [4.78, 5) is 64.1. The molecule has 1 saturated heterocycles. The Morgan fingerprint density at radius 1 is 0.884 bits per heavy atom. The summed E-state index contributed by atoms with van der Waals surface area (Å²) in [5.41, 5.74) is -2.24. The molecule has 1 aliphatic heterocycles. The minimum atomic E-state index is -1.59. The third-order valence-electron chi connectivity index (χ3n) is 6.47. The van der Waals surface area contributed by atoms with E-state index in [1.807, 2.05) is 18.2 Å². The smallest absolute Gasteiger partial charge is 0.408 e. The fourth-order valence-corrected chi connectivity index (χ4v) is 4.36. The summed E-state index contributed by atoms with van der Waals surface area (Å²) in [5.74, 6) is -1.62. The van der Waals surface area contributed by atoms with Gasteiger partial charge in [-0.25, -0.2) is 19.2 Å². The number of unbranched alkanes of at least 4 members (excludes halogenated alkanes) is 1. The minimum Gasteiger partial charge on any atom is -0.480 e. The average Bonchev–Trinajstić information content (AvgIpc) is 2.89. The molecule has 1 aromatic rings. The Kier molecular flexibility index (Phi) is 12.6. The second kappa shape index (κ2) is 15.4. The van der Waals surface area contributed by atoms with Gasteiger partial charge in [-0.05, 0) is 79.2 Å². The zero-order valence-corrected chi connectivity index (χ0v) is 26.0. The van der Waals surface area contributed by atoms with Crippen LogP contribution in [0.15, 0.2) is 30.3 Å². The molecule has 0 spiro atoms. The highest BCUT2D eigenvalue weighted by Crippen LogP contribution is 2.25. The van der Waals surface area contributed by atoms with Crippen molar-refractivity contribution >= 4 is 30.2 Å². The SMILES string of the molecule is CC(C)(C)OC(=O)NCCCC[C@@H](NC(=O)OCc1ccccc1)C(=O)N1CCC(NC(=O)OC(C)(C)C)(C(=O)O)CC1. The van der Waals surface area contributed by atoms with E-state index in [4.69, 9.17) is 14.2 Å². The Labute approximate surface area is 253 Å². The third kappa shape index (κ3) is 12.8. The van der Waals surface area contributed by atoms with E-state index in [0.717, 1.165) is 5.56 Å². The molecule has 0 saturated carbocycles. The van der Waals surface area contributed by atoms with Crippen LogP contribution in [0, 0.1) is 0 Å². The number of carbonyl (C=O) groups is 5. The molecule has 0 bridgehead atoms. The standard InChI is InChI=1S/C30H46N4O9/c1-28(2,3)42-25(38)31-17-11-10-14-22(32-26(39)41-20-21-12-8-7-9-13-21)23(35)34-18-15-30(16-19-34,24(36)37)33-27(40)43-29(4,5)6/h7-9,12-13,22H,10-11,14-20H2,1-6H3,(H,31,38)(H,32,39)(H,33,40)(H,36,37)/t22-/m1/s1. The van der Waals surface area contributed by atoms with Crippen molar-refractivity contribution in [3.63, 3.8) is 0 Å². The summed E-state index contributed by atoms with van der Waals surface area (Å²) in [7, 11) is 0. The molecule has 2 rings (SSSR count). The van der Waals surface area contributed by atoms with Gasteiger partial charge in [0, 0.05) is 19.6 Å². The minimum absolute atomic E-state index is 0.0224. The average molecular weight is 607 g/mol. The highest BCUT2D eigenvalue weighted by molar-refractivity contribution is 5.87. The van der Waals surface area contributed by atoms with Gasteiger partial charge in [-0.1, -0.05) is 30.3 Å². The molecule has 4 N–H and O–H groups in total. The van der Waals surface area contributed by atoms with Crippen molar-refractivity contribution in [2.45, 2.75) is 103 Å². The van der Waals surface area contributed by atoms with Crippen molar-refractivity contribution in [2.75, 3.05) is 19.6 Å². The quantitative estimate of drug-likeness (QED) is 0.215. The second-order valence-corrected chi connectivity index (χ2v) is 12.5. The lowest BCUT2D eigenvalue weighted by molar-refractivity contribution is -0.149. The summed E-state index contributed by atoms with van der Waals surface area (Å²) < 4.78 is 15.8. The number of likely N-dealkylation sites (tertiary alicyclic amines) is 1. The van der Waals surface area contributed by atoms with E-state index < -0.39 is 52.9 Å². The van der Waals surface area contributed by atoms with E-state index >= 15 is 0 Å². The number of carboxylic acid groups (broad SMARTS) is 1. The number of aliphatic carboxylic acids is 1. The van der Waals surface area contributed by atoms with Crippen LogP contribution in [0.1, 0.15) is 79.2 Å². The van der Waals surface area contributed by atoms with Gasteiger partial charge in [0.05, 0.1) is 0 Å². The Bertz CT molecular complexity index is 1100. The van der Waals surface area contributed by atoms with Gasteiger partial charge in [0.1, 0.15) is 29.4 Å². The van der Waals surface area contributed by atoms with Crippen LogP contribution in [0.2, 0.25) is 0 Å². The molecule has 1 fully saturated rings. The zero-order chi connectivity index (χ0) is 32.3. The van der Waals surface area contributed by atoms with Crippen molar-refractivity contribution < 1.29 is 43.3 Å². The highest BCUT2D eigenvalue weighted by atomic mass is 16.6. The summed E-state index contributed by atoms with van der Waals surface area (Å²) in [6.45, 7) is 10.7. The fourth-order valence-electron chi connectivity index (χ4n) is 4.36. The first-order chi connectivity index (χ1) is 20.0. The molecular formula is C30H46N4O9. The number of hydrogen-bond acceptors (Lipinski definition) is 8. The van der Waals surface area contributed by atoms with Crippen LogP contribution in [0.3, 0.4) is 0 Å². The van der Waals surface area contributed by atoms with Crippen LogP contribution < -0.4 is 16.0 Å². The summed E-state index contributed by atoms with van der Waals surface area (Å²) in [5, 5.41) is 17.7. The maximum absolute atomic E-state index is 13.5. The van der Waals surface area contributed by atoms with Gasteiger partial charge in [-0.15, -0.1) is 0 Å². The van der Waals surface area contributed by atoms with Gasteiger partial charge < -0.3 is 40.2 Å². The molecule has 1 aliphatic rings. The number of amides is 4. The van der Waals surface area contributed by atoms with E-state index in [0.29, 0.717) is 19.4 Å². The lowest BCUT2D eigenvalue weighted by atomic mass is 9.87. The van der Waals surface area contributed by atoms with Crippen LogP contribution in [0.25, 0.3) is 0 Å². The van der Waals surface area contributed by atoms with Gasteiger partial charge in [0.2, 0.25) is 5.91 Å². The first-order valence-corrected chi connectivity index (χ1v) is 14.5. The maximum atomic E-state index is 13.5. The lowest BCUT2D eigenvalue weighted by Crippen LogP contribution is -2.62. The normalized spacial score (nSPS) is 15.4. The monoisotopic (exact) mass is 606 g/mol. The van der Waals surface area contributed by atoms with E-state index in [2.05, 4.69) is 16.0 Å². The molecule has 43 heavy (non-hydrogen) atoms. The maximum Gasteiger partial charge on any atom is 0.408 e. The van der Waals surface area contributed by atoms with E-state index in [1.165, 1.54) is 4.90 Å². The molecule has 13 heteroatoms. The Morgan fingerprint density at radius 2 is 1.47 bits per heavy atom. The number of hydrogen-bond donors (Lipinski definition) is 4. The fraction of sp³-hybridized carbons (Fsp3) is 0.633. The molecule has 1 atom stereocenters. The Hall–Kier alpha value is -4.03. The molecule has 0 unspecified atom stereocenters. The molecule has 0 aromatic heterocycles. The van der Waals surface area contributed by atoms with Crippen LogP contribution in [-0.4, -0.2) is 82.6 Å². The van der Waals surface area contributed by atoms with Gasteiger partial charge in [-0.3, -0.25) is 4.79 Å². The van der Waals surface area contributed by atoms with Crippen molar-refractivity contribution in [3.05, 3.63) is 35.9 Å². The van der Waals surface area contributed by atoms with Gasteiger partial charge >= 0.3 is 24.2 Å². The zero-order valence-electron chi connectivity index (χ0n) is 26.0. The summed E-state index contributed by atoms with van der Waals surface area (Å²) in [6, 6.07) is 8.15. The van der Waals surface area contributed by atoms with Crippen molar-refractivity contribution in [1.29, 1.82) is 0 Å². The molecule has 1 aromatic carbocycles. The van der Waals surface area contributed by atoms with Crippen LogP contribution >= 0.6 is 0 Å². The van der Waals surface area contributed by atoms with Crippen molar-refractivity contribution in [2.24, 2.45) is 0 Å². The van der Waals surface area contributed by atoms with Gasteiger partial charge in [0.15, 0.2) is 0 Å². The number of ether oxygens (including phenoxy) is 3. The Balaban J connectivity index is 2.01. The predicted molar refractivity (Wildman–Crippen MR) is 157 cm³/mol. The molecule has 0 radical (unpaired) electrons. The number of piperidine rings is 1. The molecule has 1 heterocycles. The van der Waals surface area contributed by atoms with Crippen LogP contribution in [-0.2, 0) is 30.4 Å². The van der Waals surface area contributed by atoms with Gasteiger partial charge in [0.25, 0.3) is 0 Å². The number of alkyl carbamates (subject to hydrolysis) is 3. The molecule has 0 aliphatic carbocycles. The predicted octanol–water partition coefficient (Wildman–Crippen LogP) is 3.95. The highest BCUT2D eigenvalue weighted by Gasteiger charge is 2.45. The third-order valence-corrected chi connectivity index (χ3v) is 6.47. The molecular weight excluding hydrogens is 560 g/mol.